The molecule has 96 valence electrons. The van der Waals surface area contributed by atoms with Gasteiger partial charge in [-0.3, -0.25) is 0 Å². The van der Waals surface area contributed by atoms with Crippen LogP contribution in [-0.4, -0.2) is 14.7 Å². The zero-order chi connectivity index (χ0) is 13.1. The lowest BCUT2D eigenvalue weighted by atomic mass is 10.0. The Labute approximate surface area is 106 Å². The average molecular weight is 248 g/mol. The maximum atomic E-state index is 13.7. The van der Waals surface area contributed by atoms with E-state index in [0.717, 1.165) is 11.4 Å². The van der Waals surface area contributed by atoms with E-state index in [0.29, 0.717) is 18.4 Å². The molecule has 2 aromatic rings. The number of hydrogen-bond donors (Lipinski definition) is 1. The van der Waals surface area contributed by atoms with Gasteiger partial charge in [0, 0.05) is 31.4 Å². The number of benzene rings is 1. The SMILES string of the molecule is Cc1ccc(C(O)CCc2nccn2C)c(F)c1. The zero-order valence-corrected chi connectivity index (χ0v) is 10.6. The Hall–Kier alpha value is -1.68. The van der Waals surface area contributed by atoms with Gasteiger partial charge in [0.1, 0.15) is 11.6 Å². The summed E-state index contributed by atoms with van der Waals surface area (Å²) in [6, 6.07) is 4.90. The van der Waals surface area contributed by atoms with E-state index in [1.807, 2.05) is 30.8 Å². The molecule has 1 atom stereocenters. The third-order valence-electron chi connectivity index (χ3n) is 3.08. The molecule has 0 bridgehead atoms. The Kier molecular flexibility index (Phi) is 3.77. The van der Waals surface area contributed by atoms with Crippen molar-refractivity contribution in [2.45, 2.75) is 25.9 Å². The first-order valence-electron chi connectivity index (χ1n) is 5.98. The Bertz CT molecular complexity index is 536. The van der Waals surface area contributed by atoms with Crippen molar-refractivity contribution < 1.29 is 9.50 Å². The summed E-state index contributed by atoms with van der Waals surface area (Å²) in [5.41, 5.74) is 1.21. The number of nitrogens with zero attached hydrogens (tertiary/aromatic N) is 2. The first kappa shape index (κ1) is 12.8. The summed E-state index contributed by atoms with van der Waals surface area (Å²) in [5, 5.41) is 10.0. The number of aliphatic hydroxyl groups excluding tert-OH is 1. The van der Waals surface area contributed by atoms with Crippen LogP contribution in [0, 0.1) is 12.7 Å². The van der Waals surface area contributed by atoms with Crippen LogP contribution < -0.4 is 0 Å². The predicted octanol–water partition coefficient (Wildman–Crippen LogP) is 2.53. The van der Waals surface area contributed by atoms with Crippen LogP contribution in [0.2, 0.25) is 0 Å². The molecule has 4 heteroatoms. The van der Waals surface area contributed by atoms with Gasteiger partial charge in [-0.25, -0.2) is 9.37 Å². The number of imidazole rings is 1. The molecule has 2 rings (SSSR count). The van der Waals surface area contributed by atoms with Gasteiger partial charge < -0.3 is 9.67 Å². The maximum absolute atomic E-state index is 13.7. The van der Waals surface area contributed by atoms with Crippen LogP contribution in [0.15, 0.2) is 30.6 Å². The second-order valence-electron chi connectivity index (χ2n) is 4.53. The molecule has 0 radical (unpaired) electrons. The Balaban J connectivity index is 2.03. The van der Waals surface area contributed by atoms with Gasteiger partial charge in [-0.1, -0.05) is 12.1 Å². The van der Waals surface area contributed by atoms with E-state index in [9.17, 15) is 9.50 Å². The van der Waals surface area contributed by atoms with E-state index in [2.05, 4.69) is 4.98 Å². The van der Waals surface area contributed by atoms with Crippen molar-refractivity contribution in [3.8, 4) is 0 Å². The lowest BCUT2D eigenvalue weighted by Gasteiger charge is -2.12. The van der Waals surface area contributed by atoms with E-state index in [1.165, 1.54) is 6.07 Å². The van der Waals surface area contributed by atoms with Gasteiger partial charge in [0.25, 0.3) is 0 Å². The van der Waals surface area contributed by atoms with E-state index < -0.39 is 6.10 Å². The van der Waals surface area contributed by atoms with Crippen LogP contribution in [0.4, 0.5) is 4.39 Å². The smallest absolute Gasteiger partial charge is 0.129 e. The molecular formula is C14H17FN2O. The minimum Gasteiger partial charge on any atom is -0.388 e. The molecule has 1 unspecified atom stereocenters. The average Bonchev–Trinajstić information content (AvgIpc) is 2.72. The van der Waals surface area contributed by atoms with Crippen molar-refractivity contribution >= 4 is 0 Å². The van der Waals surface area contributed by atoms with Gasteiger partial charge in [-0.15, -0.1) is 0 Å². The van der Waals surface area contributed by atoms with E-state index in [4.69, 9.17) is 0 Å². The minimum absolute atomic E-state index is 0.345. The highest BCUT2D eigenvalue weighted by Gasteiger charge is 2.13. The van der Waals surface area contributed by atoms with E-state index in [-0.39, 0.29) is 5.82 Å². The van der Waals surface area contributed by atoms with Gasteiger partial charge >= 0.3 is 0 Å². The monoisotopic (exact) mass is 248 g/mol. The minimum atomic E-state index is -0.790. The van der Waals surface area contributed by atoms with Crippen LogP contribution in [0.1, 0.15) is 29.5 Å². The molecule has 0 aliphatic carbocycles. The zero-order valence-electron chi connectivity index (χ0n) is 10.6. The molecule has 0 saturated heterocycles. The van der Waals surface area contributed by atoms with Crippen molar-refractivity contribution in [1.82, 2.24) is 9.55 Å². The molecule has 18 heavy (non-hydrogen) atoms. The number of hydrogen-bond acceptors (Lipinski definition) is 2. The third kappa shape index (κ3) is 2.76. The molecule has 0 fully saturated rings. The summed E-state index contributed by atoms with van der Waals surface area (Å²) in [4.78, 5) is 4.18. The van der Waals surface area contributed by atoms with Crippen molar-refractivity contribution in [3.05, 3.63) is 53.4 Å². The number of aryl methyl sites for hydroxylation is 3. The van der Waals surface area contributed by atoms with Crippen LogP contribution in [0.3, 0.4) is 0 Å². The number of aliphatic hydroxyl groups is 1. The Morgan fingerprint density at radius 1 is 1.44 bits per heavy atom. The summed E-state index contributed by atoms with van der Waals surface area (Å²) in [5.74, 6) is 0.545. The van der Waals surface area contributed by atoms with Crippen LogP contribution in [-0.2, 0) is 13.5 Å². The molecular weight excluding hydrogens is 231 g/mol. The highest BCUT2D eigenvalue weighted by atomic mass is 19.1. The first-order chi connectivity index (χ1) is 8.58. The molecule has 3 nitrogen and oxygen atoms in total. The van der Waals surface area contributed by atoms with E-state index in [1.54, 1.807) is 12.3 Å². The van der Waals surface area contributed by atoms with Crippen molar-refractivity contribution in [1.29, 1.82) is 0 Å². The molecule has 1 aromatic carbocycles. The number of aromatic nitrogens is 2. The van der Waals surface area contributed by atoms with Crippen molar-refractivity contribution in [2.24, 2.45) is 7.05 Å². The molecule has 1 aromatic heterocycles. The van der Waals surface area contributed by atoms with Gasteiger partial charge in [0.15, 0.2) is 0 Å². The molecule has 0 saturated carbocycles. The molecule has 1 heterocycles. The number of rotatable bonds is 4. The lowest BCUT2D eigenvalue weighted by Crippen LogP contribution is -2.05. The van der Waals surface area contributed by atoms with Crippen LogP contribution >= 0.6 is 0 Å². The number of halogens is 1. The first-order valence-corrected chi connectivity index (χ1v) is 5.98. The second kappa shape index (κ2) is 5.31. The summed E-state index contributed by atoms with van der Waals surface area (Å²) in [7, 11) is 1.90. The van der Waals surface area contributed by atoms with Gasteiger partial charge in [0.05, 0.1) is 6.10 Å². The fraction of sp³-hybridized carbons (Fsp3) is 0.357. The standard InChI is InChI=1S/C14H17FN2O/c1-10-3-4-11(12(15)9-10)13(18)5-6-14-16-7-8-17(14)2/h3-4,7-9,13,18H,5-6H2,1-2H3. The molecule has 0 aliphatic heterocycles. The lowest BCUT2D eigenvalue weighted by molar-refractivity contribution is 0.162. The molecule has 0 spiro atoms. The fourth-order valence-corrected chi connectivity index (χ4v) is 1.96. The quantitative estimate of drug-likeness (QED) is 0.903. The fourth-order valence-electron chi connectivity index (χ4n) is 1.96. The second-order valence-corrected chi connectivity index (χ2v) is 4.53. The van der Waals surface area contributed by atoms with Crippen LogP contribution in [0.5, 0.6) is 0 Å². The van der Waals surface area contributed by atoms with Crippen LogP contribution in [0.25, 0.3) is 0 Å². The molecule has 1 N–H and O–H groups in total. The molecule has 0 aliphatic rings. The normalized spacial score (nSPS) is 12.7. The maximum Gasteiger partial charge on any atom is 0.129 e. The molecule has 0 amide bonds. The van der Waals surface area contributed by atoms with E-state index >= 15 is 0 Å². The van der Waals surface area contributed by atoms with Gasteiger partial charge in [-0.05, 0) is 25.0 Å². The topological polar surface area (TPSA) is 38.1 Å². The predicted molar refractivity (Wildman–Crippen MR) is 67.6 cm³/mol. The summed E-state index contributed by atoms with van der Waals surface area (Å²) < 4.78 is 15.6. The highest BCUT2D eigenvalue weighted by molar-refractivity contribution is 5.25. The largest absolute Gasteiger partial charge is 0.388 e. The third-order valence-corrected chi connectivity index (χ3v) is 3.08. The van der Waals surface area contributed by atoms with Crippen molar-refractivity contribution in [3.63, 3.8) is 0 Å². The van der Waals surface area contributed by atoms with Gasteiger partial charge in [0.2, 0.25) is 0 Å². The highest BCUT2D eigenvalue weighted by Crippen LogP contribution is 2.22. The summed E-state index contributed by atoms with van der Waals surface area (Å²) in [6.07, 6.45) is 3.87. The van der Waals surface area contributed by atoms with Gasteiger partial charge in [-0.2, -0.15) is 0 Å². The Morgan fingerprint density at radius 3 is 2.83 bits per heavy atom. The van der Waals surface area contributed by atoms with Crippen molar-refractivity contribution in [2.75, 3.05) is 0 Å². The Morgan fingerprint density at radius 2 is 2.22 bits per heavy atom. The summed E-state index contributed by atoms with van der Waals surface area (Å²) >= 11 is 0. The summed E-state index contributed by atoms with van der Waals surface area (Å²) in [6.45, 7) is 1.83.